The van der Waals surface area contributed by atoms with E-state index in [4.69, 9.17) is 16.7 Å². The summed E-state index contributed by atoms with van der Waals surface area (Å²) in [7, 11) is 0. The molecule has 0 aliphatic carbocycles. The smallest absolute Gasteiger partial charge is 0.332 e. The third kappa shape index (κ3) is 3.47. The van der Waals surface area contributed by atoms with Gasteiger partial charge >= 0.3 is 5.69 Å². The minimum Gasteiger partial charge on any atom is -0.396 e. The summed E-state index contributed by atoms with van der Waals surface area (Å²) in [5.74, 6) is 0. The topological polar surface area (TPSA) is 82.1 Å². The first-order chi connectivity index (χ1) is 11.6. The molecule has 0 unspecified atom stereocenters. The molecule has 8 heteroatoms. The predicted octanol–water partition coefficient (Wildman–Crippen LogP) is 1.77. The molecule has 0 amide bonds. The highest BCUT2D eigenvalue weighted by Gasteiger charge is 2.20. The van der Waals surface area contributed by atoms with Crippen LogP contribution in [0.15, 0.2) is 22.2 Å². The lowest BCUT2D eigenvalue weighted by Gasteiger charge is -2.11. The van der Waals surface area contributed by atoms with Crippen LogP contribution in [0, 0.1) is 0 Å². The van der Waals surface area contributed by atoms with E-state index in [0.29, 0.717) is 37.1 Å². The average Bonchev–Trinajstić information content (AvgIpc) is 2.88. The first-order valence-electron chi connectivity index (χ1n) is 8.17. The Kier molecular flexibility index (Phi) is 6.39. The van der Waals surface area contributed by atoms with Crippen LogP contribution >= 0.6 is 11.6 Å². The molecule has 0 saturated heterocycles. The number of aliphatic hydroxyl groups excluding tert-OH is 1. The Morgan fingerprint density at radius 3 is 2.50 bits per heavy atom. The van der Waals surface area contributed by atoms with E-state index in [0.717, 1.165) is 12.8 Å². The highest BCUT2D eigenvalue weighted by Crippen LogP contribution is 2.16. The molecule has 0 fully saturated rings. The van der Waals surface area contributed by atoms with Crippen LogP contribution in [0.1, 0.15) is 32.6 Å². The fourth-order valence-corrected chi connectivity index (χ4v) is 2.89. The van der Waals surface area contributed by atoms with Crippen LogP contribution in [-0.2, 0) is 19.6 Å². The molecule has 0 aromatic carbocycles. The molecule has 0 bridgehead atoms. The maximum atomic E-state index is 12.8. The number of halogens is 1. The minimum atomic E-state index is -0.401. The van der Waals surface area contributed by atoms with Crippen molar-refractivity contribution in [3.8, 4) is 0 Å². The van der Waals surface area contributed by atoms with Crippen LogP contribution in [0.5, 0.6) is 0 Å². The Balaban J connectivity index is 2.71. The van der Waals surface area contributed by atoms with Gasteiger partial charge in [-0.25, -0.2) is 4.79 Å². The highest BCUT2D eigenvalue weighted by atomic mass is 35.5. The zero-order valence-electron chi connectivity index (χ0n) is 13.9. The Bertz CT molecular complexity index is 834. The van der Waals surface area contributed by atoms with E-state index in [9.17, 15) is 9.59 Å². The number of aryl methyl sites for hydroxylation is 1. The maximum Gasteiger partial charge on any atom is 0.332 e. The van der Waals surface area contributed by atoms with E-state index < -0.39 is 5.56 Å². The third-order valence-corrected chi connectivity index (χ3v) is 4.19. The highest BCUT2D eigenvalue weighted by molar-refractivity contribution is 6.29. The molecule has 132 valence electrons. The summed E-state index contributed by atoms with van der Waals surface area (Å²) < 4.78 is 4.30. The van der Waals surface area contributed by atoms with Crippen molar-refractivity contribution < 1.29 is 5.11 Å². The largest absolute Gasteiger partial charge is 0.396 e. The summed E-state index contributed by atoms with van der Waals surface area (Å²) >= 11 is 6.16. The lowest BCUT2D eigenvalue weighted by Crippen LogP contribution is -2.40. The molecule has 2 rings (SSSR count). The van der Waals surface area contributed by atoms with Crippen LogP contribution in [0.2, 0.25) is 5.28 Å². The number of hydrogen-bond acceptors (Lipinski definition) is 4. The Labute approximate surface area is 144 Å². The van der Waals surface area contributed by atoms with Crippen molar-refractivity contribution in [2.24, 2.45) is 0 Å². The number of fused-ring (bicyclic) bond motifs is 1. The van der Waals surface area contributed by atoms with Crippen molar-refractivity contribution in [3.63, 3.8) is 0 Å². The number of aliphatic hydroxyl groups is 1. The zero-order chi connectivity index (χ0) is 17.7. The number of rotatable bonds is 9. The van der Waals surface area contributed by atoms with Gasteiger partial charge in [0, 0.05) is 26.2 Å². The fourth-order valence-electron chi connectivity index (χ4n) is 2.66. The van der Waals surface area contributed by atoms with E-state index in [1.54, 1.807) is 10.6 Å². The van der Waals surface area contributed by atoms with Gasteiger partial charge in [0.15, 0.2) is 11.2 Å². The van der Waals surface area contributed by atoms with Gasteiger partial charge in [0.2, 0.25) is 5.28 Å². The summed E-state index contributed by atoms with van der Waals surface area (Å²) in [6.07, 6.45) is 4.43. The number of imidazole rings is 1. The van der Waals surface area contributed by atoms with Crippen LogP contribution < -0.4 is 11.2 Å². The van der Waals surface area contributed by atoms with E-state index in [1.165, 1.54) is 9.13 Å². The molecule has 0 radical (unpaired) electrons. The van der Waals surface area contributed by atoms with E-state index >= 15 is 0 Å². The lowest BCUT2D eigenvalue weighted by molar-refractivity contribution is 0.280. The number of unbranched alkanes of at least 4 members (excludes halogenated alkanes) is 2. The second-order valence-corrected chi connectivity index (χ2v) is 5.97. The molecular weight excluding hydrogens is 332 g/mol. The van der Waals surface area contributed by atoms with Gasteiger partial charge in [-0.3, -0.25) is 13.9 Å². The number of allylic oxidation sites excluding steroid dienone is 1. The van der Waals surface area contributed by atoms with Gasteiger partial charge in [-0.05, 0) is 30.9 Å². The molecule has 0 aliphatic rings. The first kappa shape index (κ1) is 18.5. The SMILES string of the molecule is C=CCn1c(Cl)nc2c1c(=O)n(CCCCO)c(=O)n2CCCC. The second kappa shape index (κ2) is 8.30. The Hall–Kier alpha value is -1.86. The molecular formula is C16H23ClN4O3. The van der Waals surface area contributed by atoms with Crippen molar-refractivity contribution in [1.82, 2.24) is 18.7 Å². The summed E-state index contributed by atoms with van der Waals surface area (Å²) in [6, 6.07) is 0. The normalized spacial score (nSPS) is 11.3. The van der Waals surface area contributed by atoms with Gasteiger partial charge in [-0.15, -0.1) is 6.58 Å². The molecule has 0 spiro atoms. The van der Waals surface area contributed by atoms with Gasteiger partial charge in [0.05, 0.1) is 0 Å². The molecule has 2 heterocycles. The molecule has 0 aliphatic heterocycles. The predicted molar refractivity (Wildman–Crippen MR) is 94.7 cm³/mol. The van der Waals surface area contributed by atoms with Crippen LogP contribution in [0.3, 0.4) is 0 Å². The monoisotopic (exact) mass is 354 g/mol. The molecule has 24 heavy (non-hydrogen) atoms. The Morgan fingerprint density at radius 2 is 1.88 bits per heavy atom. The van der Waals surface area contributed by atoms with Gasteiger partial charge in [-0.1, -0.05) is 19.4 Å². The fraction of sp³-hybridized carbons (Fsp3) is 0.562. The van der Waals surface area contributed by atoms with Gasteiger partial charge in [0.25, 0.3) is 5.56 Å². The average molecular weight is 355 g/mol. The van der Waals surface area contributed by atoms with Crippen LogP contribution in [-0.4, -0.2) is 30.4 Å². The van der Waals surface area contributed by atoms with Crippen LogP contribution in [0.25, 0.3) is 11.2 Å². The second-order valence-electron chi connectivity index (χ2n) is 5.63. The van der Waals surface area contributed by atoms with Gasteiger partial charge in [-0.2, -0.15) is 4.98 Å². The summed E-state index contributed by atoms with van der Waals surface area (Å²) in [5, 5.41) is 9.10. The molecule has 2 aromatic heterocycles. The van der Waals surface area contributed by atoms with E-state index in [-0.39, 0.29) is 24.1 Å². The minimum absolute atomic E-state index is 0.0290. The first-order valence-corrected chi connectivity index (χ1v) is 8.55. The summed E-state index contributed by atoms with van der Waals surface area (Å²) in [5.41, 5.74) is -0.135. The zero-order valence-corrected chi connectivity index (χ0v) is 14.6. The summed E-state index contributed by atoms with van der Waals surface area (Å²) in [6.45, 7) is 6.81. The number of aromatic nitrogens is 4. The quantitative estimate of drug-likeness (QED) is 0.422. The molecule has 2 aromatic rings. The van der Waals surface area contributed by atoms with Gasteiger partial charge in [0.1, 0.15) is 0 Å². The molecule has 0 saturated carbocycles. The number of hydrogen-bond donors (Lipinski definition) is 1. The van der Waals surface area contributed by atoms with Crippen molar-refractivity contribution in [2.45, 2.75) is 52.2 Å². The third-order valence-electron chi connectivity index (χ3n) is 3.90. The molecule has 0 atom stereocenters. The molecule has 1 N–H and O–H groups in total. The molecule has 7 nitrogen and oxygen atoms in total. The van der Waals surface area contributed by atoms with Gasteiger partial charge < -0.3 is 9.67 Å². The van der Waals surface area contributed by atoms with E-state index in [2.05, 4.69) is 11.6 Å². The van der Waals surface area contributed by atoms with Crippen molar-refractivity contribution >= 4 is 22.8 Å². The van der Waals surface area contributed by atoms with Crippen molar-refractivity contribution in [1.29, 1.82) is 0 Å². The number of nitrogens with zero attached hydrogens (tertiary/aromatic N) is 4. The Morgan fingerprint density at radius 1 is 1.17 bits per heavy atom. The van der Waals surface area contributed by atoms with Crippen molar-refractivity contribution in [3.05, 3.63) is 38.8 Å². The van der Waals surface area contributed by atoms with Crippen molar-refractivity contribution in [2.75, 3.05) is 6.61 Å². The standard InChI is InChI=1S/C16H23ClN4O3/c1-3-5-9-20-13-12(19(8-4-2)15(17)18-13)14(23)21(16(20)24)10-6-7-11-22/h4,22H,2-3,5-11H2,1H3. The van der Waals surface area contributed by atoms with Crippen LogP contribution in [0.4, 0.5) is 0 Å². The summed E-state index contributed by atoms with van der Waals surface area (Å²) in [4.78, 5) is 29.8. The lowest BCUT2D eigenvalue weighted by atomic mass is 10.3. The van der Waals surface area contributed by atoms with E-state index in [1.807, 2.05) is 6.92 Å². The maximum absolute atomic E-state index is 12.8.